The fourth-order valence-corrected chi connectivity index (χ4v) is 1.75. The zero-order valence-electron chi connectivity index (χ0n) is 11.4. The highest BCUT2D eigenvalue weighted by Crippen LogP contribution is 2.26. The third-order valence-electron chi connectivity index (χ3n) is 2.72. The topological polar surface area (TPSA) is 52.3 Å². The summed E-state index contributed by atoms with van der Waals surface area (Å²) in [6.07, 6.45) is 0.365. The number of aromatic nitrogens is 1. The molecule has 1 aromatic heterocycles. The van der Waals surface area contributed by atoms with Crippen LogP contribution < -0.4 is 0 Å². The molecule has 7 heteroatoms. The molecule has 0 amide bonds. The third kappa shape index (κ3) is 2.91. The van der Waals surface area contributed by atoms with Gasteiger partial charge in [-0.2, -0.15) is 0 Å². The van der Waals surface area contributed by atoms with Crippen molar-refractivity contribution in [2.75, 3.05) is 6.61 Å². The van der Waals surface area contributed by atoms with Crippen LogP contribution in [0.4, 0.5) is 13.2 Å². The number of carbonyl (C=O) groups is 1. The van der Waals surface area contributed by atoms with Gasteiger partial charge in [-0.05, 0) is 25.5 Å². The maximum Gasteiger partial charge on any atom is 0.376 e. The molecule has 21 heavy (non-hydrogen) atoms. The van der Waals surface area contributed by atoms with Crippen molar-refractivity contribution in [3.05, 3.63) is 41.0 Å². The van der Waals surface area contributed by atoms with Gasteiger partial charge >= 0.3 is 5.97 Å². The summed E-state index contributed by atoms with van der Waals surface area (Å²) in [6, 6.07) is 1.50. The molecule has 0 N–H and O–H groups in total. The largest absolute Gasteiger partial charge is 0.460 e. The number of aryl methyl sites for hydroxylation is 1. The molecule has 0 spiro atoms. The van der Waals surface area contributed by atoms with Crippen molar-refractivity contribution in [2.45, 2.75) is 20.3 Å². The standard InChI is InChI=1S/C14H12F3NO3/c1-3-10-12(14(19)20-4-2)21-13(18-10)7-5-8(15)11(17)9(16)6-7/h5-6H,3-4H2,1-2H3. The number of benzene rings is 1. The Balaban J connectivity index is 2.48. The van der Waals surface area contributed by atoms with Gasteiger partial charge in [0, 0.05) is 5.56 Å². The van der Waals surface area contributed by atoms with Crippen LogP contribution in [0.25, 0.3) is 11.5 Å². The Morgan fingerprint density at radius 3 is 2.38 bits per heavy atom. The average molecular weight is 299 g/mol. The monoisotopic (exact) mass is 299 g/mol. The molecule has 0 bridgehead atoms. The Morgan fingerprint density at radius 2 is 1.86 bits per heavy atom. The van der Waals surface area contributed by atoms with Crippen LogP contribution in [0, 0.1) is 17.5 Å². The number of ether oxygens (including phenoxy) is 1. The van der Waals surface area contributed by atoms with Crippen molar-refractivity contribution in [3.63, 3.8) is 0 Å². The van der Waals surface area contributed by atoms with Gasteiger partial charge in [-0.1, -0.05) is 6.92 Å². The second-order valence-corrected chi connectivity index (χ2v) is 4.12. The summed E-state index contributed by atoms with van der Waals surface area (Å²) in [6.45, 7) is 3.51. The molecular formula is C14H12F3NO3. The van der Waals surface area contributed by atoms with Crippen LogP contribution in [0.3, 0.4) is 0 Å². The third-order valence-corrected chi connectivity index (χ3v) is 2.72. The second-order valence-electron chi connectivity index (χ2n) is 4.12. The predicted octanol–water partition coefficient (Wildman–Crippen LogP) is 3.50. The molecule has 0 aliphatic heterocycles. The minimum atomic E-state index is -1.58. The van der Waals surface area contributed by atoms with Gasteiger partial charge in [-0.15, -0.1) is 0 Å². The van der Waals surface area contributed by atoms with Crippen molar-refractivity contribution in [3.8, 4) is 11.5 Å². The molecule has 0 fully saturated rings. The Morgan fingerprint density at radius 1 is 1.24 bits per heavy atom. The summed E-state index contributed by atoms with van der Waals surface area (Å²) in [7, 11) is 0. The van der Waals surface area contributed by atoms with E-state index >= 15 is 0 Å². The minimum absolute atomic E-state index is 0.100. The Hall–Kier alpha value is -2.31. The van der Waals surface area contributed by atoms with Crippen LogP contribution in [-0.4, -0.2) is 17.6 Å². The second kappa shape index (κ2) is 5.99. The number of nitrogens with zero attached hydrogens (tertiary/aromatic N) is 1. The highest BCUT2D eigenvalue weighted by atomic mass is 19.2. The molecule has 0 atom stereocenters. The Bertz CT molecular complexity index is 659. The molecule has 0 saturated heterocycles. The lowest BCUT2D eigenvalue weighted by atomic mass is 10.2. The highest BCUT2D eigenvalue weighted by molar-refractivity contribution is 5.88. The van der Waals surface area contributed by atoms with Gasteiger partial charge in [0.25, 0.3) is 0 Å². The molecule has 1 heterocycles. The SMILES string of the molecule is CCOC(=O)c1oc(-c2cc(F)c(F)c(F)c2)nc1CC. The summed E-state index contributed by atoms with van der Waals surface area (Å²) in [5, 5.41) is 0. The van der Waals surface area contributed by atoms with Crippen molar-refractivity contribution in [1.29, 1.82) is 0 Å². The van der Waals surface area contributed by atoms with Crippen LogP contribution >= 0.6 is 0 Å². The zero-order valence-corrected chi connectivity index (χ0v) is 11.4. The van der Waals surface area contributed by atoms with E-state index in [1.807, 2.05) is 0 Å². The fraction of sp³-hybridized carbons (Fsp3) is 0.286. The number of oxazole rings is 1. The fourth-order valence-electron chi connectivity index (χ4n) is 1.75. The van der Waals surface area contributed by atoms with Crippen molar-refractivity contribution in [2.24, 2.45) is 0 Å². The summed E-state index contributed by atoms with van der Waals surface area (Å²) >= 11 is 0. The van der Waals surface area contributed by atoms with E-state index in [-0.39, 0.29) is 23.8 Å². The molecule has 4 nitrogen and oxygen atoms in total. The summed E-state index contributed by atoms with van der Waals surface area (Å²) < 4.78 is 49.4. The maximum atomic E-state index is 13.2. The maximum absolute atomic E-state index is 13.2. The normalized spacial score (nSPS) is 10.7. The van der Waals surface area contributed by atoms with Crippen molar-refractivity contribution >= 4 is 5.97 Å². The molecule has 1 aromatic carbocycles. The molecule has 0 saturated carbocycles. The minimum Gasteiger partial charge on any atom is -0.460 e. The van der Waals surface area contributed by atoms with Crippen LogP contribution in [0.5, 0.6) is 0 Å². The van der Waals surface area contributed by atoms with E-state index in [2.05, 4.69) is 4.98 Å². The van der Waals surface area contributed by atoms with Gasteiger partial charge in [0.1, 0.15) is 0 Å². The molecule has 0 aliphatic carbocycles. The quantitative estimate of drug-likeness (QED) is 0.640. The van der Waals surface area contributed by atoms with Gasteiger partial charge in [-0.3, -0.25) is 0 Å². The van der Waals surface area contributed by atoms with Gasteiger partial charge in [0.15, 0.2) is 17.5 Å². The Kier molecular flexibility index (Phi) is 4.30. The van der Waals surface area contributed by atoms with E-state index in [1.165, 1.54) is 0 Å². The van der Waals surface area contributed by atoms with Gasteiger partial charge < -0.3 is 9.15 Å². The van der Waals surface area contributed by atoms with Gasteiger partial charge in [0.05, 0.1) is 12.3 Å². The van der Waals surface area contributed by atoms with Crippen LogP contribution in [0.15, 0.2) is 16.5 Å². The first-order valence-electron chi connectivity index (χ1n) is 6.29. The number of rotatable bonds is 4. The molecule has 2 rings (SSSR count). The van der Waals surface area contributed by atoms with E-state index in [9.17, 15) is 18.0 Å². The number of esters is 1. The lowest BCUT2D eigenvalue weighted by molar-refractivity contribution is 0.0489. The first-order chi connectivity index (χ1) is 9.97. The van der Waals surface area contributed by atoms with E-state index in [1.54, 1.807) is 13.8 Å². The molecule has 0 unspecified atom stereocenters. The molecule has 0 radical (unpaired) electrons. The number of hydrogen-bond donors (Lipinski definition) is 0. The smallest absolute Gasteiger partial charge is 0.376 e. The lowest BCUT2D eigenvalue weighted by Crippen LogP contribution is -2.05. The van der Waals surface area contributed by atoms with E-state index < -0.39 is 23.4 Å². The first kappa shape index (κ1) is 15.1. The average Bonchev–Trinajstić information content (AvgIpc) is 2.88. The molecule has 0 aliphatic rings. The van der Waals surface area contributed by atoms with Crippen LogP contribution in [-0.2, 0) is 11.2 Å². The summed E-state index contributed by atoms with van der Waals surface area (Å²) in [5.74, 6) is -5.31. The summed E-state index contributed by atoms with van der Waals surface area (Å²) in [4.78, 5) is 15.7. The van der Waals surface area contributed by atoms with E-state index in [0.29, 0.717) is 12.1 Å². The number of halogens is 3. The van der Waals surface area contributed by atoms with Gasteiger partial charge in [0.2, 0.25) is 11.7 Å². The lowest BCUT2D eigenvalue weighted by Gasteiger charge is -1.99. The van der Waals surface area contributed by atoms with Crippen molar-refractivity contribution < 1.29 is 27.1 Å². The van der Waals surface area contributed by atoms with E-state index in [0.717, 1.165) is 12.1 Å². The predicted molar refractivity (Wildman–Crippen MR) is 67.1 cm³/mol. The van der Waals surface area contributed by atoms with Crippen molar-refractivity contribution in [1.82, 2.24) is 4.98 Å². The van der Waals surface area contributed by atoms with E-state index in [4.69, 9.17) is 9.15 Å². The summed E-state index contributed by atoms with van der Waals surface area (Å²) in [5.41, 5.74) is 0.199. The number of hydrogen-bond acceptors (Lipinski definition) is 4. The molecular weight excluding hydrogens is 287 g/mol. The van der Waals surface area contributed by atoms with Crippen LogP contribution in [0.2, 0.25) is 0 Å². The zero-order chi connectivity index (χ0) is 15.6. The molecule has 112 valence electrons. The number of carbonyl (C=O) groups excluding carboxylic acids is 1. The molecule has 2 aromatic rings. The Labute approximate surface area is 118 Å². The van der Waals surface area contributed by atoms with Crippen LogP contribution in [0.1, 0.15) is 30.1 Å². The first-order valence-corrected chi connectivity index (χ1v) is 6.29. The highest BCUT2D eigenvalue weighted by Gasteiger charge is 2.22. The van der Waals surface area contributed by atoms with Gasteiger partial charge in [-0.25, -0.2) is 22.9 Å².